The van der Waals surface area contributed by atoms with E-state index in [4.69, 9.17) is 11.1 Å². The van der Waals surface area contributed by atoms with E-state index in [0.717, 1.165) is 24.3 Å². The highest BCUT2D eigenvalue weighted by Gasteiger charge is 2.12. The van der Waals surface area contributed by atoms with Crippen LogP contribution < -0.4 is 5.73 Å². The van der Waals surface area contributed by atoms with Crippen molar-refractivity contribution in [1.29, 1.82) is 5.41 Å². The molecule has 0 saturated heterocycles. The number of pyridine rings is 1. The summed E-state index contributed by atoms with van der Waals surface area (Å²) in [6.07, 6.45) is 4.99. The molecule has 100 valence electrons. The molecule has 0 saturated carbocycles. The van der Waals surface area contributed by atoms with E-state index in [1.807, 2.05) is 23.9 Å². The molecular formula is C13H22N4S. The first-order valence-corrected chi connectivity index (χ1v) is 7.46. The molecule has 5 heteroatoms. The zero-order valence-corrected chi connectivity index (χ0v) is 12.1. The number of nitrogens with two attached hydrogens (primary N) is 1. The Balaban J connectivity index is 2.71. The SMILES string of the molecule is CCC(CSC)N(C)Cc1ccnc(C(=N)N)c1. The van der Waals surface area contributed by atoms with Gasteiger partial charge in [-0.1, -0.05) is 6.92 Å². The van der Waals surface area contributed by atoms with Crippen molar-refractivity contribution < 1.29 is 0 Å². The maximum atomic E-state index is 7.40. The Morgan fingerprint density at radius 2 is 2.33 bits per heavy atom. The zero-order chi connectivity index (χ0) is 13.5. The number of amidine groups is 1. The molecule has 3 N–H and O–H groups in total. The number of nitrogens with one attached hydrogen (secondary N) is 1. The molecule has 1 atom stereocenters. The molecule has 1 unspecified atom stereocenters. The minimum absolute atomic E-state index is 0.0238. The summed E-state index contributed by atoms with van der Waals surface area (Å²) in [5.41, 5.74) is 7.16. The quantitative estimate of drug-likeness (QED) is 0.585. The highest BCUT2D eigenvalue weighted by Crippen LogP contribution is 2.12. The average molecular weight is 266 g/mol. The van der Waals surface area contributed by atoms with E-state index >= 15 is 0 Å². The molecular weight excluding hydrogens is 244 g/mol. The Morgan fingerprint density at radius 1 is 1.61 bits per heavy atom. The highest BCUT2D eigenvalue weighted by atomic mass is 32.2. The van der Waals surface area contributed by atoms with Gasteiger partial charge in [0, 0.05) is 24.5 Å². The molecule has 1 aromatic rings. The van der Waals surface area contributed by atoms with Crippen molar-refractivity contribution >= 4 is 17.6 Å². The largest absolute Gasteiger partial charge is 0.382 e. The van der Waals surface area contributed by atoms with Gasteiger partial charge in [0.25, 0.3) is 0 Å². The molecule has 0 aromatic carbocycles. The summed E-state index contributed by atoms with van der Waals surface area (Å²) in [5.74, 6) is 1.16. The Hall–Kier alpha value is -1.07. The van der Waals surface area contributed by atoms with Crippen LogP contribution in [0.15, 0.2) is 18.3 Å². The lowest BCUT2D eigenvalue weighted by atomic mass is 10.1. The van der Waals surface area contributed by atoms with E-state index in [-0.39, 0.29) is 5.84 Å². The Kier molecular flexibility index (Phi) is 6.15. The second-order valence-electron chi connectivity index (χ2n) is 4.40. The molecule has 0 bridgehead atoms. The van der Waals surface area contributed by atoms with Crippen LogP contribution in [-0.4, -0.2) is 40.8 Å². The van der Waals surface area contributed by atoms with Crippen LogP contribution in [0, 0.1) is 5.41 Å². The van der Waals surface area contributed by atoms with E-state index in [0.29, 0.717) is 11.7 Å². The van der Waals surface area contributed by atoms with E-state index in [9.17, 15) is 0 Å². The van der Waals surface area contributed by atoms with Crippen LogP contribution in [0.3, 0.4) is 0 Å². The highest BCUT2D eigenvalue weighted by molar-refractivity contribution is 7.98. The van der Waals surface area contributed by atoms with Gasteiger partial charge in [-0.15, -0.1) is 0 Å². The van der Waals surface area contributed by atoms with E-state index < -0.39 is 0 Å². The van der Waals surface area contributed by atoms with Gasteiger partial charge in [-0.25, -0.2) is 0 Å². The van der Waals surface area contributed by atoms with Crippen molar-refractivity contribution in [1.82, 2.24) is 9.88 Å². The second-order valence-corrected chi connectivity index (χ2v) is 5.31. The lowest BCUT2D eigenvalue weighted by molar-refractivity contribution is 0.248. The number of hydrogen-bond donors (Lipinski definition) is 2. The first kappa shape index (κ1) is 15.0. The third-order valence-electron chi connectivity index (χ3n) is 2.99. The molecule has 0 aliphatic carbocycles. The van der Waals surface area contributed by atoms with E-state index in [1.54, 1.807) is 6.20 Å². The maximum absolute atomic E-state index is 7.40. The third kappa shape index (κ3) is 4.31. The van der Waals surface area contributed by atoms with Crippen molar-refractivity contribution in [3.63, 3.8) is 0 Å². The molecule has 0 aliphatic heterocycles. The minimum Gasteiger partial charge on any atom is -0.382 e. The van der Waals surface area contributed by atoms with E-state index in [1.165, 1.54) is 0 Å². The standard InChI is InChI=1S/C13H22N4S/c1-4-11(9-18-3)17(2)8-10-5-6-16-12(7-10)13(14)15/h5-7,11H,4,8-9H2,1-3H3,(H3,14,15). The predicted octanol–water partition coefficient (Wildman–Crippen LogP) is 1.94. The molecule has 0 amide bonds. The number of thioether (sulfide) groups is 1. The summed E-state index contributed by atoms with van der Waals surface area (Å²) in [7, 11) is 2.14. The first-order chi connectivity index (χ1) is 8.58. The molecule has 0 aliphatic rings. The monoisotopic (exact) mass is 266 g/mol. The van der Waals surface area contributed by atoms with Crippen molar-refractivity contribution in [3.05, 3.63) is 29.6 Å². The summed E-state index contributed by atoms with van der Waals surface area (Å²) in [6.45, 7) is 3.08. The van der Waals surface area contributed by atoms with Crippen LogP contribution in [0.25, 0.3) is 0 Å². The molecule has 4 nitrogen and oxygen atoms in total. The van der Waals surface area contributed by atoms with Crippen LogP contribution in [0.2, 0.25) is 0 Å². The molecule has 0 spiro atoms. The molecule has 1 aromatic heterocycles. The Labute approximate surface area is 113 Å². The third-order valence-corrected chi connectivity index (χ3v) is 3.70. The van der Waals surface area contributed by atoms with Crippen molar-refractivity contribution in [2.24, 2.45) is 5.73 Å². The number of rotatable bonds is 7. The zero-order valence-electron chi connectivity index (χ0n) is 11.3. The topological polar surface area (TPSA) is 66.0 Å². The predicted molar refractivity (Wildman–Crippen MR) is 79.2 cm³/mol. The summed E-state index contributed by atoms with van der Waals surface area (Å²) < 4.78 is 0. The number of nitrogens with zero attached hydrogens (tertiary/aromatic N) is 2. The summed E-state index contributed by atoms with van der Waals surface area (Å²) in [5, 5.41) is 7.40. The van der Waals surface area contributed by atoms with Crippen LogP contribution in [0.1, 0.15) is 24.6 Å². The molecule has 0 fully saturated rings. The lowest BCUT2D eigenvalue weighted by Gasteiger charge is -2.26. The van der Waals surface area contributed by atoms with E-state index in [2.05, 4.69) is 30.1 Å². The fourth-order valence-electron chi connectivity index (χ4n) is 1.89. The van der Waals surface area contributed by atoms with Gasteiger partial charge in [-0.05, 0) is 37.4 Å². The number of nitrogen functional groups attached to an aromatic ring is 1. The summed E-state index contributed by atoms with van der Waals surface area (Å²) >= 11 is 1.87. The number of hydrogen-bond acceptors (Lipinski definition) is 4. The van der Waals surface area contributed by atoms with Gasteiger partial charge in [-0.3, -0.25) is 15.3 Å². The van der Waals surface area contributed by atoms with Crippen LogP contribution in [0.5, 0.6) is 0 Å². The minimum atomic E-state index is 0.0238. The molecule has 1 heterocycles. The second kappa shape index (κ2) is 7.38. The van der Waals surface area contributed by atoms with Gasteiger partial charge >= 0.3 is 0 Å². The fraction of sp³-hybridized carbons (Fsp3) is 0.538. The van der Waals surface area contributed by atoms with Gasteiger partial charge in [0.05, 0.1) is 0 Å². The van der Waals surface area contributed by atoms with Gasteiger partial charge in [0.15, 0.2) is 0 Å². The summed E-state index contributed by atoms with van der Waals surface area (Å²) in [4.78, 5) is 6.42. The maximum Gasteiger partial charge on any atom is 0.141 e. The van der Waals surface area contributed by atoms with Crippen molar-refractivity contribution in [3.8, 4) is 0 Å². The van der Waals surface area contributed by atoms with Crippen LogP contribution in [-0.2, 0) is 6.54 Å². The first-order valence-electron chi connectivity index (χ1n) is 6.07. The van der Waals surface area contributed by atoms with Crippen molar-refractivity contribution in [2.75, 3.05) is 19.1 Å². The smallest absolute Gasteiger partial charge is 0.141 e. The Morgan fingerprint density at radius 3 is 2.89 bits per heavy atom. The van der Waals surface area contributed by atoms with Crippen molar-refractivity contribution in [2.45, 2.75) is 25.9 Å². The lowest BCUT2D eigenvalue weighted by Crippen LogP contribution is -2.32. The van der Waals surface area contributed by atoms with Gasteiger partial charge in [0.1, 0.15) is 11.5 Å². The Bertz CT molecular complexity index is 394. The molecule has 1 rings (SSSR count). The van der Waals surface area contributed by atoms with Gasteiger partial charge in [-0.2, -0.15) is 11.8 Å². The summed E-state index contributed by atoms with van der Waals surface area (Å²) in [6, 6.07) is 4.45. The fourth-order valence-corrected chi connectivity index (χ4v) is 2.76. The normalized spacial score (nSPS) is 12.7. The number of aromatic nitrogens is 1. The van der Waals surface area contributed by atoms with Crippen LogP contribution >= 0.6 is 11.8 Å². The molecule has 18 heavy (non-hydrogen) atoms. The van der Waals surface area contributed by atoms with Gasteiger partial charge < -0.3 is 5.73 Å². The molecule has 0 radical (unpaired) electrons. The average Bonchev–Trinajstić information content (AvgIpc) is 2.36. The van der Waals surface area contributed by atoms with Crippen LogP contribution in [0.4, 0.5) is 0 Å². The van der Waals surface area contributed by atoms with Gasteiger partial charge in [0.2, 0.25) is 0 Å².